The van der Waals surface area contributed by atoms with Crippen molar-refractivity contribution < 1.29 is 9.53 Å². The lowest BCUT2D eigenvalue weighted by Gasteiger charge is -2.33. The highest BCUT2D eigenvalue weighted by Crippen LogP contribution is 2.01. The minimum absolute atomic E-state index is 0.170. The topological polar surface area (TPSA) is 69.2 Å². The van der Waals surface area contributed by atoms with Gasteiger partial charge in [0.25, 0.3) is 0 Å². The average Bonchev–Trinajstić information content (AvgIpc) is 2.48. The molecule has 1 rings (SSSR count). The number of nitrogens with one attached hydrogen (secondary N) is 2. The fourth-order valence-corrected chi connectivity index (χ4v) is 2.43. The molecule has 0 bridgehead atoms. The van der Waals surface area contributed by atoms with E-state index < -0.39 is 0 Å². The highest BCUT2D eigenvalue weighted by atomic mass is 16.5. The summed E-state index contributed by atoms with van der Waals surface area (Å²) in [5, 5.41) is 6.56. The van der Waals surface area contributed by atoms with Crippen LogP contribution in [-0.4, -0.2) is 87.2 Å². The molecule has 7 heteroatoms. The summed E-state index contributed by atoms with van der Waals surface area (Å²) in [6.45, 7) is 12.4. The Labute approximate surface area is 134 Å². The number of carbonyl (C=O) groups excluding carboxylic acids is 1. The van der Waals surface area contributed by atoms with Crippen LogP contribution in [0.25, 0.3) is 0 Å². The van der Waals surface area contributed by atoms with Gasteiger partial charge in [0.1, 0.15) is 0 Å². The van der Waals surface area contributed by atoms with Crippen molar-refractivity contribution in [1.29, 1.82) is 0 Å². The summed E-state index contributed by atoms with van der Waals surface area (Å²) in [6, 6.07) is 0.224. The van der Waals surface area contributed by atoms with E-state index in [9.17, 15) is 4.79 Å². The van der Waals surface area contributed by atoms with Gasteiger partial charge in [-0.2, -0.15) is 0 Å². The first-order valence-electron chi connectivity index (χ1n) is 8.08. The summed E-state index contributed by atoms with van der Waals surface area (Å²) >= 11 is 0. The van der Waals surface area contributed by atoms with Crippen LogP contribution in [0, 0.1) is 0 Å². The number of carbonyl (C=O) groups is 1. The maximum absolute atomic E-state index is 11.3. The maximum atomic E-state index is 11.3. The van der Waals surface area contributed by atoms with E-state index >= 15 is 0 Å². The van der Waals surface area contributed by atoms with Crippen LogP contribution < -0.4 is 10.6 Å². The number of hydrogen-bond donors (Lipinski definition) is 2. The highest BCUT2D eigenvalue weighted by Gasteiger charge is 2.17. The summed E-state index contributed by atoms with van der Waals surface area (Å²) in [4.78, 5) is 20.1. The van der Waals surface area contributed by atoms with E-state index in [1.54, 1.807) is 14.0 Å². The predicted octanol–water partition coefficient (Wildman–Crippen LogP) is -0.259. The second kappa shape index (κ2) is 10.4. The number of nitrogens with zero attached hydrogens (tertiary/aromatic N) is 3. The Morgan fingerprint density at radius 1 is 1.32 bits per heavy atom. The summed E-state index contributed by atoms with van der Waals surface area (Å²) in [6.07, 6.45) is 0. The van der Waals surface area contributed by atoms with Crippen molar-refractivity contribution in [1.82, 2.24) is 20.4 Å². The molecule has 1 aliphatic heterocycles. The zero-order chi connectivity index (χ0) is 16.4. The number of methoxy groups -OCH3 is 1. The van der Waals surface area contributed by atoms with E-state index in [-0.39, 0.29) is 11.9 Å². The lowest BCUT2D eigenvalue weighted by molar-refractivity contribution is -0.130. The number of amides is 1. The first-order valence-corrected chi connectivity index (χ1v) is 8.08. The number of guanidine groups is 1. The summed E-state index contributed by atoms with van der Waals surface area (Å²) in [5.41, 5.74) is 0. The fourth-order valence-electron chi connectivity index (χ4n) is 2.43. The van der Waals surface area contributed by atoms with Crippen LogP contribution in [0.3, 0.4) is 0 Å². The van der Waals surface area contributed by atoms with Crippen LogP contribution in [0.2, 0.25) is 0 Å². The molecule has 2 N–H and O–H groups in total. The van der Waals surface area contributed by atoms with Gasteiger partial charge in [0.2, 0.25) is 5.91 Å². The SMILES string of the molecule is CCNC(=NCCN1CCN(C(C)=O)CC1)NC(C)COC. The van der Waals surface area contributed by atoms with Gasteiger partial charge in [-0.05, 0) is 13.8 Å². The molecule has 1 unspecified atom stereocenters. The van der Waals surface area contributed by atoms with Crippen LogP contribution in [0.5, 0.6) is 0 Å². The Kier molecular flexibility index (Phi) is 8.84. The third kappa shape index (κ3) is 7.09. The summed E-state index contributed by atoms with van der Waals surface area (Å²) in [7, 11) is 1.70. The van der Waals surface area contributed by atoms with Gasteiger partial charge in [-0.1, -0.05) is 0 Å². The third-order valence-electron chi connectivity index (χ3n) is 3.65. The lowest BCUT2D eigenvalue weighted by Crippen LogP contribution is -2.49. The summed E-state index contributed by atoms with van der Waals surface area (Å²) in [5.74, 6) is 0.998. The number of piperazine rings is 1. The van der Waals surface area contributed by atoms with Gasteiger partial charge in [-0.15, -0.1) is 0 Å². The second-order valence-corrected chi connectivity index (χ2v) is 5.61. The molecule has 22 heavy (non-hydrogen) atoms. The third-order valence-corrected chi connectivity index (χ3v) is 3.65. The molecule has 1 atom stereocenters. The molecule has 0 aromatic heterocycles. The fraction of sp³-hybridized carbons (Fsp3) is 0.867. The van der Waals surface area contributed by atoms with E-state index in [1.807, 2.05) is 4.90 Å². The standard InChI is InChI=1S/C15H31N5O2/c1-5-16-15(18-13(2)12-22-4)17-6-7-19-8-10-20(11-9-19)14(3)21/h13H,5-12H2,1-4H3,(H2,16,17,18). The molecule has 1 aliphatic rings. The highest BCUT2D eigenvalue weighted by molar-refractivity contribution is 5.80. The molecule has 1 fully saturated rings. The van der Waals surface area contributed by atoms with Crippen molar-refractivity contribution in [3.63, 3.8) is 0 Å². The molecule has 0 aromatic rings. The van der Waals surface area contributed by atoms with E-state index in [0.717, 1.165) is 51.8 Å². The Bertz CT molecular complexity index is 354. The van der Waals surface area contributed by atoms with Crippen LogP contribution in [0.4, 0.5) is 0 Å². The van der Waals surface area contributed by atoms with Crippen molar-refractivity contribution in [2.75, 3.05) is 59.5 Å². The van der Waals surface area contributed by atoms with E-state index in [4.69, 9.17) is 4.74 Å². The number of aliphatic imine (C=N–C) groups is 1. The Morgan fingerprint density at radius 2 is 2.00 bits per heavy atom. The smallest absolute Gasteiger partial charge is 0.219 e. The Hall–Kier alpha value is -1.34. The zero-order valence-corrected chi connectivity index (χ0v) is 14.4. The molecule has 1 heterocycles. The molecule has 0 aromatic carbocycles. The van der Waals surface area contributed by atoms with Crippen LogP contribution in [0.1, 0.15) is 20.8 Å². The van der Waals surface area contributed by atoms with E-state index in [0.29, 0.717) is 6.61 Å². The quantitative estimate of drug-likeness (QED) is 0.501. The van der Waals surface area contributed by atoms with Crippen molar-refractivity contribution in [2.45, 2.75) is 26.8 Å². The predicted molar refractivity (Wildman–Crippen MR) is 89.1 cm³/mol. The number of hydrogen-bond acceptors (Lipinski definition) is 4. The van der Waals surface area contributed by atoms with Crippen molar-refractivity contribution >= 4 is 11.9 Å². The molecule has 128 valence electrons. The van der Waals surface area contributed by atoms with E-state index in [1.165, 1.54) is 0 Å². The molecule has 0 saturated carbocycles. The van der Waals surface area contributed by atoms with Gasteiger partial charge < -0.3 is 20.3 Å². The maximum Gasteiger partial charge on any atom is 0.219 e. The Balaban J connectivity index is 2.33. The zero-order valence-electron chi connectivity index (χ0n) is 14.4. The molecule has 0 spiro atoms. The Morgan fingerprint density at radius 3 is 2.55 bits per heavy atom. The molecule has 0 radical (unpaired) electrons. The van der Waals surface area contributed by atoms with Gasteiger partial charge in [-0.25, -0.2) is 0 Å². The monoisotopic (exact) mass is 313 g/mol. The normalized spacial score (nSPS) is 18.2. The number of ether oxygens (including phenoxy) is 1. The molecule has 7 nitrogen and oxygen atoms in total. The molecular weight excluding hydrogens is 282 g/mol. The van der Waals surface area contributed by atoms with Crippen molar-refractivity contribution in [3.05, 3.63) is 0 Å². The van der Waals surface area contributed by atoms with Gasteiger partial charge >= 0.3 is 0 Å². The number of rotatable bonds is 7. The lowest BCUT2D eigenvalue weighted by atomic mass is 10.3. The molecule has 1 saturated heterocycles. The van der Waals surface area contributed by atoms with E-state index in [2.05, 4.69) is 34.4 Å². The minimum atomic E-state index is 0.170. The minimum Gasteiger partial charge on any atom is -0.383 e. The second-order valence-electron chi connectivity index (χ2n) is 5.61. The van der Waals surface area contributed by atoms with Crippen molar-refractivity contribution in [2.24, 2.45) is 4.99 Å². The van der Waals surface area contributed by atoms with Gasteiger partial charge in [0, 0.05) is 59.3 Å². The largest absolute Gasteiger partial charge is 0.383 e. The van der Waals surface area contributed by atoms with Crippen LogP contribution in [0.15, 0.2) is 4.99 Å². The molecule has 0 aliphatic carbocycles. The summed E-state index contributed by atoms with van der Waals surface area (Å²) < 4.78 is 5.13. The molecular formula is C15H31N5O2. The first kappa shape index (κ1) is 18.7. The first-order chi connectivity index (χ1) is 10.6. The van der Waals surface area contributed by atoms with Crippen molar-refractivity contribution in [3.8, 4) is 0 Å². The molecule has 1 amide bonds. The van der Waals surface area contributed by atoms with Crippen LogP contribution >= 0.6 is 0 Å². The average molecular weight is 313 g/mol. The van der Waals surface area contributed by atoms with Gasteiger partial charge in [0.15, 0.2) is 5.96 Å². The van der Waals surface area contributed by atoms with Crippen LogP contribution in [-0.2, 0) is 9.53 Å². The van der Waals surface area contributed by atoms with Gasteiger partial charge in [-0.3, -0.25) is 14.7 Å². The van der Waals surface area contributed by atoms with Gasteiger partial charge in [0.05, 0.1) is 13.2 Å².